The Labute approximate surface area is 73.7 Å². The molecular formula is C9H16N2O. The summed E-state index contributed by atoms with van der Waals surface area (Å²) in [4.78, 5) is 10.7. The van der Waals surface area contributed by atoms with E-state index in [2.05, 4.69) is 11.2 Å². The second-order valence-corrected chi connectivity index (χ2v) is 2.72. The first kappa shape index (κ1) is 11.0. The molecule has 0 rings (SSSR count). The van der Waals surface area contributed by atoms with Crippen LogP contribution in [0.3, 0.4) is 0 Å². The molecule has 0 aromatic carbocycles. The van der Waals surface area contributed by atoms with Gasteiger partial charge in [0, 0.05) is 0 Å². The molecule has 0 saturated heterocycles. The molecule has 12 heavy (non-hydrogen) atoms. The number of hydrogen-bond donors (Lipinski definition) is 2. The van der Waals surface area contributed by atoms with E-state index in [-0.39, 0.29) is 11.8 Å². The lowest BCUT2D eigenvalue weighted by Gasteiger charge is -2.05. The van der Waals surface area contributed by atoms with Crippen LogP contribution in [0.2, 0.25) is 0 Å². The number of carbonyl (C=O) groups excluding carboxylic acids is 1. The fraction of sp³-hybridized carbons (Fsp3) is 0.667. The highest BCUT2D eigenvalue weighted by Gasteiger charge is 2.10. The van der Waals surface area contributed by atoms with E-state index in [1.54, 1.807) is 0 Å². The standard InChI is InChI=1S/C9H16N2O/c1-3-8(9(10)12)6-4-5-7-11-2/h1,8,11H,4-7H2,2H3,(H2,10,12). The lowest BCUT2D eigenvalue weighted by atomic mass is 10.0. The molecule has 0 saturated carbocycles. The number of terminal acetylenes is 1. The van der Waals surface area contributed by atoms with Crippen molar-refractivity contribution >= 4 is 5.91 Å². The molecule has 0 bridgehead atoms. The van der Waals surface area contributed by atoms with E-state index in [4.69, 9.17) is 12.2 Å². The number of hydrogen-bond acceptors (Lipinski definition) is 2. The Bertz CT molecular complexity index is 172. The van der Waals surface area contributed by atoms with Gasteiger partial charge in [0.1, 0.15) is 0 Å². The predicted molar refractivity (Wildman–Crippen MR) is 49.3 cm³/mol. The summed E-state index contributed by atoms with van der Waals surface area (Å²) in [7, 11) is 1.90. The molecule has 0 aliphatic rings. The maximum absolute atomic E-state index is 10.7. The normalized spacial score (nSPS) is 12.0. The van der Waals surface area contributed by atoms with E-state index in [1.165, 1.54) is 0 Å². The van der Waals surface area contributed by atoms with Crippen molar-refractivity contribution in [3.05, 3.63) is 0 Å². The molecule has 1 amide bonds. The predicted octanol–water partition coefficient (Wildman–Crippen LogP) is 0.111. The first-order valence-electron chi connectivity index (χ1n) is 4.12. The van der Waals surface area contributed by atoms with Gasteiger partial charge in [-0.05, 0) is 26.4 Å². The molecule has 0 heterocycles. The summed E-state index contributed by atoms with van der Waals surface area (Å²) in [5.74, 6) is 1.61. The Kier molecular flexibility index (Phi) is 6.12. The van der Waals surface area contributed by atoms with Crippen LogP contribution in [0.25, 0.3) is 0 Å². The summed E-state index contributed by atoms with van der Waals surface area (Å²) < 4.78 is 0. The molecule has 3 heteroatoms. The second kappa shape index (κ2) is 6.68. The Balaban J connectivity index is 3.47. The van der Waals surface area contributed by atoms with Crippen LogP contribution in [0.5, 0.6) is 0 Å². The lowest BCUT2D eigenvalue weighted by molar-refractivity contribution is -0.120. The number of nitrogens with one attached hydrogen (secondary N) is 1. The van der Waals surface area contributed by atoms with Crippen molar-refractivity contribution in [2.45, 2.75) is 19.3 Å². The van der Waals surface area contributed by atoms with E-state index < -0.39 is 0 Å². The highest BCUT2D eigenvalue weighted by Crippen LogP contribution is 2.05. The van der Waals surface area contributed by atoms with Crippen LogP contribution < -0.4 is 11.1 Å². The van der Waals surface area contributed by atoms with Crippen LogP contribution in [0.4, 0.5) is 0 Å². The molecule has 3 N–H and O–H groups in total. The van der Waals surface area contributed by atoms with Crippen molar-refractivity contribution < 1.29 is 4.79 Å². The average Bonchev–Trinajstić information content (AvgIpc) is 2.04. The molecule has 1 unspecified atom stereocenters. The zero-order chi connectivity index (χ0) is 9.40. The van der Waals surface area contributed by atoms with Gasteiger partial charge >= 0.3 is 0 Å². The highest BCUT2D eigenvalue weighted by molar-refractivity contribution is 5.79. The van der Waals surface area contributed by atoms with Crippen LogP contribution >= 0.6 is 0 Å². The Morgan fingerprint density at radius 2 is 2.33 bits per heavy atom. The summed E-state index contributed by atoms with van der Waals surface area (Å²) in [5.41, 5.74) is 5.06. The maximum atomic E-state index is 10.7. The van der Waals surface area contributed by atoms with E-state index in [0.717, 1.165) is 19.4 Å². The third kappa shape index (κ3) is 4.75. The van der Waals surface area contributed by atoms with E-state index in [1.807, 2.05) is 7.05 Å². The number of carbonyl (C=O) groups is 1. The molecular weight excluding hydrogens is 152 g/mol. The second-order valence-electron chi connectivity index (χ2n) is 2.72. The van der Waals surface area contributed by atoms with Gasteiger partial charge in [0.25, 0.3) is 0 Å². The Hall–Kier alpha value is -1.01. The zero-order valence-electron chi connectivity index (χ0n) is 7.47. The summed E-state index contributed by atoms with van der Waals surface area (Å²) in [6.45, 7) is 0.954. The van der Waals surface area contributed by atoms with Gasteiger partial charge in [-0.2, -0.15) is 0 Å². The minimum Gasteiger partial charge on any atom is -0.369 e. The Morgan fingerprint density at radius 3 is 2.75 bits per heavy atom. The molecule has 0 aliphatic carbocycles. The van der Waals surface area contributed by atoms with Gasteiger partial charge in [0.15, 0.2) is 0 Å². The van der Waals surface area contributed by atoms with E-state index >= 15 is 0 Å². The van der Waals surface area contributed by atoms with Crippen LogP contribution in [0.15, 0.2) is 0 Å². The van der Waals surface area contributed by atoms with Crippen molar-refractivity contribution in [2.24, 2.45) is 11.7 Å². The van der Waals surface area contributed by atoms with Crippen molar-refractivity contribution in [3.63, 3.8) is 0 Å². The van der Waals surface area contributed by atoms with Gasteiger partial charge in [0.05, 0.1) is 5.92 Å². The molecule has 3 nitrogen and oxygen atoms in total. The summed E-state index contributed by atoms with van der Waals surface area (Å²) in [6.07, 6.45) is 7.80. The van der Waals surface area contributed by atoms with E-state index in [9.17, 15) is 4.79 Å². The van der Waals surface area contributed by atoms with Crippen LogP contribution in [0.1, 0.15) is 19.3 Å². The number of amides is 1. The Morgan fingerprint density at radius 1 is 1.67 bits per heavy atom. The summed E-state index contributed by atoms with van der Waals surface area (Å²) >= 11 is 0. The van der Waals surface area contributed by atoms with Gasteiger partial charge in [-0.15, -0.1) is 6.42 Å². The summed E-state index contributed by atoms with van der Waals surface area (Å²) in [5, 5.41) is 3.02. The van der Waals surface area contributed by atoms with Crippen LogP contribution in [0, 0.1) is 18.3 Å². The smallest absolute Gasteiger partial charge is 0.232 e. The van der Waals surface area contributed by atoms with Crippen molar-refractivity contribution in [3.8, 4) is 12.3 Å². The first-order valence-corrected chi connectivity index (χ1v) is 4.12. The van der Waals surface area contributed by atoms with Gasteiger partial charge in [-0.3, -0.25) is 4.79 Å². The van der Waals surface area contributed by atoms with Crippen LogP contribution in [-0.2, 0) is 4.79 Å². The highest BCUT2D eigenvalue weighted by atomic mass is 16.1. The van der Waals surface area contributed by atoms with Crippen molar-refractivity contribution in [1.82, 2.24) is 5.32 Å². The average molecular weight is 168 g/mol. The molecule has 0 aromatic heterocycles. The number of rotatable bonds is 6. The lowest BCUT2D eigenvalue weighted by Crippen LogP contribution is -2.22. The number of primary amides is 1. The quantitative estimate of drug-likeness (QED) is 0.437. The van der Waals surface area contributed by atoms with Gasteiger partial charge in [-0.25, -0.2) is 0 Å². The summed E-state index contributed by atoms with van der Waals surface area (Å²) in [6, 6.07) is 0. The minimum atomic E-state index is -0.387. The maximum Gasteiger partial charge on any atom is 0.232 e. The van der Waals surface area contributed by atoms with E-state index in [0.29, 0.717) is 6.42 Å². The van der Waals surface area contributed by atoms with Gasteiger partial charge < -0.3 is 11.1 Å². The monoisotopic (exact) mass is 168 g/mol. The van der Waals surface area contributed by atoms with Gasteiger partial charge in [0.2, 0.25) is 5.91 Å². The number of nitrogens with two attached hydrogens (primary N) is 1. The minimum absolute atomic E-state index is 0.387. The third-order valence-electron chi connectivity index (χ3n) is 1.71. The van der Waals surface area contributed by atoms with Gasteiger partial charge in [-0.1, -0.05) is 12.3 Å². The van der Waals surface area contributed by atoms with Crippen molar-refractivity contribution in [2.75, 3.05) is 13.6 Å². The zero-order valence-corrected chi connectivity index (χ0v) is 7.47. The fourth-order valence-electron chi connectivity index (χ4n) is 0.958. The molecule has 0 fully saturated rings. The SMILES string of the molecule is C#CC(CCCCNC)C(N)=O. The molecule has 0 radical (unpaired) electrons. The first-order chi connectivity index (χ1) is 5.72. The largest absolute Gasteiger partial charge is 0.369 e. The van der Waals surface area contributed by atoms with Crippen molar-refractivity contribution in [1.29, 1.82) is 0 Å². The molecule has 0 aliphatic heterocycles. The molecule has 1 atom stereocenters. The molecule has 0 aromatic rings. The molecule has 0 spiro atoms. The topological polar surface area (TPSA) is 55.1 Å². The van der Waals surface area contributed by atoms with Crippen LogP contribution in [-0.4, -0.2) is 19.5 Å². The number of unbranched alkanes of at least 4 members (excludes halogenated alkanes) is 1. The third-order valence-corrected chi connectivity index (χ3v) is 1.71. The molecule has 68 valence electrons. The fourth-order valence-corrected chi connectivity index (χ4v) is 0.958.